The maximum atomic E-state index is 4.60. The van der Waals surface area contributed by atoms with Gasteiger partial charge in [0.05, 0.1) is 10.7 Å². The van der Waals surface area contributed by atoms with E-state index in [0.29, 0.717) is 6.04 Å². The van der Waals surface area contributed by atoms with E-state index in [2.05, 4.69) is 58.6 Å². The van der Waals surface area contributed by atoms with E-state index in [1.807, 2.05) is 7.05 Å². The minimum Gasteiger partial charge on any atom is -0.356 e. The minimum atomic E-state index is 0.428. The van der Waals surface area contributed by atoms with Crippen LogP contribution in [0.3, 0.4) is 0 Å². The van der Waals surface area contributed by atoms with Crippen LogP contribution in [0.4, 0.5) is 0 Å². The highest BCUT2D eigenvalue weighted by atomic mass is 32.1. The third-order valence-electron chi connectivity index (χ3n) is 4.19. The van der Waals surface area contributed by atoms with Gasteiger partial charge in [-0.15, -0.1) is 11.3 Å². The van der Waals surface area contributed by atoms with Crippen molar-refractivity contribution in [2.45, 2.75) is 59.4 Å². The number of aromatic nitrogens is 1. The van der Waals surface area contributed by atoms with Gasteiger partial charge in [-0.05, 0) is 45.8 Å². The molecule has 0 radical (unpaired) electrons. The van der Waals surface area contributed by atoms with E-state index in [4.69, 9.17) is 0 Å². The average Bonchev–Trinajstić information content (AvgIpc) is 3.05. The molecule has 0 aromatic carbocycles. The van der Waals surface area contributed by atoms with Crippen molar-refractivity contribution in [2.24, 2.45) is 4.99 Å². The average molecular weight is 354 g/mol. The first-order chi connectivity index (χ1) is 11.6. The molecular weight excluding hydrogens is 318 g/mol. The number of rotatable bonds is 11. The Balaban J connectivity index is 2.23. The van der Waals surface area contributed by atoms with Crippen LogP contribution in [0.2, 0.25) is 0 Å². The van der Waals surface area contributed by atoms with Crippen LogP contribution in [0.15, 0.2) is 10.4 Å². The highest BCUT2D eigenvalue weighted by Crippen LogP contribution is 2.10. The summed E-state index contributed by atoms with van der Waals surface area (Å²) in [6, 6.07) is 0.428. The summed E-state index contributed by atoms with van der Waals surface area (Å²) in [6.07, 6.45) is 4.33. The molecular formula is C18H35N5S. The molecule has 5 nitrogen and oxygen atoms in total. The van der Waals surface area contributed by atoms with Gasteiger partial charge in [0.1, 0.15) is 0 Å². The van der Waals surface area contributed by atoms with Crippen molar-refractivity contribution in [3.8, 4) is 0 Å². The maximum absolute atomic E-state index is 4.60. The van der Waals surface area contributed by atoms with Crippen molar-refractivity contribution in [1.29, 1.82) is 0 Å². The molecule has 1 rings (SSSR count). The SMILES string of the molecule is CCc1nc(CCNC(=NC)NC(C)CCCN(CC)CC)cs1. The molecule has 24 heavy (non-hydrogen) atoms. The summed E-state index contributed by atoms with van der Waals surface area (Å²) < 4.78 is 0. The lowest BCUT2D eigenvalue weighted by Crippen LogP contribution is -2.43. The Hall–Kier alpha value is -1.14. The van der Waals surface area contributed by atoms with Gasteiger partial charge in [-0.2, -0.15) is 0 Å². The summed E-state index contributed by atoms with van der Waals surface area (Å²) in [5.41, 5.74) is 1.17. The molecule has 6 heteroatoms. The lowest BCUT2D eigenvalue weighted by molar-refractivity contribution is 0.292. The van der Waals surface area contributed by atoms with Crippen LogP contribution in [0, 0.1) is 0 Å². The van der Waals surface area contributed by atoms with Crippen molar-refractivity contribution in [3.63, 3.8) is 0 Å². The van der Waals surface area contributed by atoms with E-state index in [-0.39, 0.29) is 0 Å². The number of nitrogens with zero attached hydrogens (tertiary/aromatic N) is 3. The van der Waals surface area contributed by atoms with Crippen LogP contribution >= 0.6 is 11.3 Å². The molecule has 2 N–H and O–H groups in total. The molecule has 0 spiro atoms. The highest BCUT2D eigenvalue weighted by Gasteiger charge is 2.07. The van der Waals surface area contributed by atoms with Gasteiger partial charge in [-0.25, -0.2) is 4.98 Å². The molecule has 1 atom stereocenters. The number of thiazole rings is 1. The van der Waals surface area contributed by atoms with Gasteiger partial charge in [-0.3, -0.25) is 4.99 Å². The van der Waals surface area contributed by atoms with Gasteiger partial charge in [0.15, 0.2) is 5.96 Å². The molecule has 1 aromatic rings. The van der Waals surface area contributed by atoms with Gasteiger partial charge < -0.3 is 15.5 Å². The molecule has 0 aliphatic rings. The normalized spacial score (nSPS) is 13.3. The summed E-state index contributed by atoms with van der Waals surface area (Å²) in [4.78, 5) is 11.4. The largest absolute Gasteiger partial charge is 0.356 e. The number of nitrogens with one attached hydrogen (secondary N) is 2. The smallest absolute Gasteiger partial charge is 0.191 e. The second-order valence-electron chi connectivity index (χ2n) is 6.05. The number of aliphatic imine (C=N–C) groups is 1. The second-order valence-corrected chi connectivity index (χ2v) is 6.99. The van der Waals surface area contributed by atoms with Gasteiger partial charge >= 0.3 is 0 Å². The topological polar surface area (TPSA) is 52.6 Å². The first-order valence-corrected chi connectivity index (χ1v) is 10.1. The fourth-order valence-corrected chi connectivity index (χ4v) is 3.38. The molecule has 0 fully saturated rings. The molecule has 0 aliphatic carbocycles. The van der Waals surface area contributed by atoms with E-state index in [1.165, 1.54) is 23.7 Å². The fraction of sp³-hybridized carbons (Fsp3) is 0.778. The summed E-state index contributed by atoms with van der Waals surface area (Å²) in [5.74, 6) is 0.885. The van der Waals surface area contributed by atoms with E-state index in [0.717, 1.165) is 44.9 Å². The maximum Gasteiger partial charge on any atom is 0.191 e. The molecule has 0 bridgehead atoms. The Morgan fingerprint density at radius 2 is 2.08 bits per heavy atom. The molecule has 0 saturated carbocycles. The van der Waals surface area contributed by atoms with E-state index in [9.17, 15) is 0 Å². The van der Waals surface area contributed by atoms with Gasteiger partial charge in [0.2, 0.25) is 0 Å². The van der Waals surface area contributed by atoms with Crippen molar-refractivity contribution in [1.82, 2.24) is 20.5 Å². The Kier molecular flexibility index (Phi) is 10.7. The molecule has 0 amide bonds. The van der Waals surface area contributed by atoms with Crippen LogP contribution in [0.25, 0.3) is 0 Å². The third-order valence-corrected chi connectivity index (χ3v) is 5.23. The van der Waals surface area contributed by atoms with Gasteiger partial charge in [0.25, 0.3) is 0 Å². The Morgan fingerprint density at radius 3 is 2.67 bits per heavy atom. The molecule has 138 valence electrons. The Labute approximate surface area is 152 Å². The quantitative estimate of drug-likeness (QED) is 0.474. The van der Waals surface area contributed by atoms with Crippen molar-refractivity contribution < 1.29 is 0 Å². The van der Waals surface area contributed by atoms with Crippen LogP contribution in [-0.4, -0.2) is 55.1 Å². The monoisotopic (exact) mass is 353 g/mol. The molecule has 1 aromatic heterocycles. The minimum absolute atomic E-state index is 0.428. The van der Waals surface area contributed by atoms with Crippen molar-refractivity contribution in [2.75, 3.05) is 33.2 Å². The number of hydrogen-bond donors (Lipinski definition) is 2. The van der Waals surface area contributed by atoms with Crippen LogP contribution < -0.4 is 10.6 Å². The van der Waals surface area contributed by atoms with Gasteiger partial charge in [0, 0.05) is 31.4 Å². The first-order valence-electron chi connectivity index (χ1n) is 9.25. The molecule has 1 heterocycles. The first kappa shape index (κ1) is 20.9. The van der Waals surface area contributed by atoms with E-state index in [1.54, 1.807) is 11.3 Å². The molecule has 1 unspecified atom stereocenters. The van der Waals surface area contributed by atoms with Crippen LogP contribution in [0.5, 0.6) is 0 Å². The zero-order valence-corrected chi connectivity index (χ0v) is 16.9. The summed E-state index contributed by atoms with van der Waals surface area (Å²) in [6.45, 7) is 13.1. The molecule has 0 saturated heterocycles. The van der Waals surface area contributed by atoms with Crippen LogP contribution in [-0.2, 0) is 12.8 Å². The second kappa shape index (κ2) is 12.3. The highest BCUT2D eigenvalue weighted by molar-refractivity contribution is 7.09. The predicted octanol–water partition coefficient (Wildman–Crippen LogP) is 2.92. The molecule has 0 aliphatic heterocycles. The summed E-state index contributed by atoms with van der Waals surface area (Å²) in [5, 5.41) is 10.2. The standard InChI is InChI=1S/C18H35N5S/c1-6-17-22-16(14-24-17)11-12-20-18(19-5)21-15(4)10-9-13-23(7-2)8-3/h14-15H,6-13H2,1-5H3,(H2,19,20,21). The Morgan fingerprint density at radius 1 is 1.33 bits per heavy atom. The lowest BCUT2D eigenvalue weighted by atomic mass is 10.2. The summed E-state index contributed by atoms with van der Waals surface area (Å²) in [7, 11) is 1.83. The predicted molar refractivity (Wildman–Crippen MR) is 106 cm³/mol. The van der Waals surface area contributed by atoms with Crippen LogP contribution in [0.1, 0.15) is 51.2 Å². The number of aryl methyl sites for hydroxylation is 1. The lowest BCUT2D eigenvalue weighted by Gasteiger charge is -2.21. The van der Waals surface area contributed by atoms with Crippen molar-refractivity contribution >= 4 is 17.3 Å². The van der Waals surface area contributed by atoms with Crippen molar-refractivity contribution in [3.05, 3.63) is 16.1 Å². The third kappa shape index (κ3) is 8.11. The zero-order chi connectivity index (χ0) is 17.8. The van der Waals surface area contributed by atoms with E-state index < -0.39 is 0 Å². The van der Waals surface area contributed by atoms with E-state index >= 15 is 0 Å². The number of guanidine groups is 1. The fourth-order valence-electron chi connectivity index (χ4n) is 2.60. The van der Waals surface area contributed by atoms with Gasteiger partial charge in [-0.1, -0.05) is 20.8 Å². The zero-order valence-electron chi connectivity index (χ0n) is 16.1. The summed E-state index contributed by atoms with van der Waals surface area (Å²) >= 11 is 1.75. The Bertz CT molecular complexity index is 468. The number of hydrogen-bond acceptors (Lipinski definition) is 4.